The first-order chi connectivity index (χ1) is 4.63. The van der Waals surface area contributed by atoms with Crippen LogP contribution in [0.2, 0.25) is 0 Å². The lowest BCUT2D eigenvalue weighted by Crippen LogP contribution is -1.81. The van der Waals surface area contributed by atoms with Crippen molar-refractivity contribution < 1.29 is 0 Å². The molecule has 0 saturated heterocycles. The Balaban J connectivity index is 3.62. The molecule has 0 aromatic carbocycles. The third kappa shape index (κ3) is 7.08. The van der Waals surface area contributed by atoms with Crippen molar-refractivity contribution in [3.63, 3.8) is 0 Å². The van der Waals surface area contributed by atoms with Gasteiger partial charge in [0.05, 0.1) is 0 Å². The minimum atomic E-state index is 0.341. The summed E-state index contributed by atoms with van der Waals surface area (Å²) in [6.45, 7) is 5.85. The highest BCUT2D eigenvalue weighted by Crippen LogP contribution is 1.91. The second-order valence-corrected chi connectivity index (χ2v) is 2.49. The summed E-state index contributed by atoms with van der Waals surface area (Å²) in [5, 5.41) is 6.95. The maximum Gasteiger partial charge on any atom is 0.117 e. The Hall–Kier alpha value is -0.920. The molecule has 1 N–H and O–H groups in total. The van der Waals surface area contributed by atoms with Gasteiger partial charge < -0.3 is 0 Å². The van der Waals surface area contributed by atoms with Gasteiger partial charge in [-0.15, -0.1) is 0 Å². The highest BCUT2D eigenvalue weighted by molar-refractivity contribution is 5.88. The van der Waals surface area contributed by atoms with E-state index in [2.05, 4.69) is 18.8 Å². The zero-order valence-electron chi connectivity index (χ0n) is 6.76. The van der Waals surface area contributed by atoms with Crippen LogP contribution in [0.25, 0.3) is 0 Å². The average Bonchev–Trinajstić information content (AvgIpc) is 1.79. The lowest BCUT2D eigenvalue weighted by atomic mass is 10.2. The van der Waals surface area contributed by atoms with Crippen LogP contribution in [0.1, 0.15) is 20.8 Å². The van der Waals surface area contributed by atoms with Crippen molar-refractivity contribution in [2.45, 2.75) is 20.8 Å². The topological polar surface area (TPSA) is 36.2 Å². The fourth-order valence-electron chi connectivity index (χ4n) is 0.427. The van der Waals surface area contributed by atoms with Crippen LogP contribution < -0.4 is 0 Å². The van der Waals surface area contributed by atoms with E-state index in [-0.39, 0.29) is 0 Å². The maximum absolute atomic E-state index is 6.95. The number of nitrogens with zero attached hydrogens (tertiary/aromatic N) is 1. The third-order valence-electron chi connectivity index (χ3n) is 0.850. The van der Waals surface area contributed by atoms with Crippen LogP contribution in [0.3, 0.4) is 0 Å². The highest BCUT2D eigenvalue weighted by Gasteiger charge is 1.79. The van der Waals surface area contributed by atoms with E-state index in [1.807, 2.05) is 12.2 Å². The molecule has 0 aliphatic rings. The summed E-state index contributed by atoms with van der Waals surface area (Å²) in [4.78, 5) is 3.77. The van der Waals surface area contributed by atoms with Crippen molar-refractivity contribution in [1.29, 1.82) is 5.41 Å². The number of hydrogen-bond acceptors (Lipinski definition) is 1. The monoisotopic (exact) mass is 138 g/mol. The quantitative estimate of drug-likeness (QED) is 0.449. The summed E-state index contributed by atoms with van der Waals surface area (Å²) in [7, 11) is 0. The van der Waals surface area contributed by atoms with Gasteiger partial charge in [-0.3, -0.25) is 5.41 Å². The molecule has 0 aromatic rings. The predicted molar refractivity (Wildman–Crippen MR) is 45.9 cm³/mol. The molecule has 2 heteroatoms. The second kappa shape index (κ2) is 4.91. The van der Waals surface area contributed by atoms with Gasteiger partial charge in [-0.2, -0.15) is 0 Å². The van der Waals surface area contributed by atoms with Crippen LogP contribution in [0.4, 0.5) is 0 Å². The lowest BCUT2D eigenvalue weighted by Gasteiger charge is -1.88. The molecule has 0 unspecified atom stereocenters. The van der Waals surface area contributed by atoms with Crippen LogP contribution in [0, 0.1) is 11.3 Å². The van der Waals surface area contributed by atoms with Gasteiger partial charge in [0.25, 0.3) is 0 Å². The Morgan fingerprint density at radius 3 is 2.50 bits per heavy atom. The van der Waals surface area contributed by atoms with E-state index in [9.17, 15) is 0 Å². The molecular weight excluding hydrogens is 124 g/mol. The molecule has 0 saturated carbocycles. The normalized spacial score (nSPS) is 12.0. The molecule has 0 fully saturated rings. The van der Waals surface area contributed by atoms with Gasteiger partial charge in [-0.05, 0) is 18.9 Å². The molecular formula is C8H14N2. The molecule has 0 bridgehead atoms. The van der Waals surface area contributed by atoms with Crippen LogP contribution in [0.5, 0.6) is 0 Å². The minimum Gasteiger partial charge on any atom is -0.287 e. The standard InChI is InChI=1S/C8H14N2/c1-7(2)5-4-6-10-8(3)9/h4-7,9H,1-3H3/b5-4-,9-8?,10-6?. The molecule has 0 aromatic heterocycles. The van der Waals surface area contributed by atoms with Crippen molar-refractivity contribution in [2.75, 3.05) is 0 Å². The Morgan fingerprint density at radius 2 is 2.10 bits per heavy atom. The summed E-state index contributed by atoms with van der Waals surface area (Å²) in [5.74, 6) is 0.894. The van der Waals surface area contributed by atoms with E-state index in [0.29, 0.717) is 11.8 Å². The molecule has 0 radical (unpaired) electrons. The van der Waals surface area contributed by atoms with E-state index in [4.69, 9.17) is 5.41 Å². The van der Waals surface area contributed by atoms with Gasteiger partial charge in [-0.25, -0.2) is 4.99 Å². The van der Waals surface area contributed by atoms with E-state index in [0.717, 1.165) is 0 Å². The van der Waals surface area contributed by atoms with Gasteiger partial charge in [0.15, 0.2) is 0 Å². The fraction of sp³-hybridized carbons (Fsp3) is 0.500. The van der Waals surface area contributed by atoms with Crippen molar-refractivity contribution in [3.05, 3.63) is 12.2 Å². The van der Waals surface area contributed by atoms with Crippen molar-refractivity contribution in [3.8, 4) is 0 Å². The summed E-state index contributed by atoms with van der Waals surface area (Å²) in [6, 6.07) is 0. The Kier molecular flexibility index (Phi) is 4.46. The summed E-state index contributed by atoms with van der Waals surface area (Å²) < 4.78 is 0. The Bertz CT molecular complexity index is 155. The molecule has 0 aliphatic heterocycles. The molecule has 0 spiro atoms. The van der Waals surface area contributed by atoms with E-state index in [1.165, 1.54) is 0 Å². The minimum absolute atomic E-state index is 0.341. The Labute approximate surface area is 62.2 Å². The molecule has 56 valence electrons. The molecule has 0 aliphatic carbocycles. The summed E-state index contributed by atoms with van der Waals surface area (Å²) >= 11 is 0. The molecule has 10 heavy (non-hydrogen) atoms. The zero-order valence-corrected chi connectivity index (χ0v) is 6.76. The van der Waals surface area contributed by atoms with Crippen LogP contribution in [-0.4, -0.2) is 12.1 Å². The second-order valence-electron chi connectivity index (χ2n) is 2.49. The first kappa shape index (κ1) is 9.08. The van der Waals surface area contributed by atoms with Gasteiger partial charge in [0.1, 0.15) is 5.84 Å². The van der Waals surface area contributed by atoms with Crippen molar-refractivity contribution in [1.82, 2.24) is 0 Å². The first-order valence-electron chi connectivity index (χ1n) is 3.39. The number of allylic oxidation sites excluding steroid dienone is 2. The van der Waals surface area contributed by atoms with Gasteiger partial charge in [-0.1, -0.05) is 19.9 Å². The van der Waals surface area contributed by atoms with Crippen LogP contribution in [-0.2, 0) is 0 Å². The van der Waals surface area contributed by atoms with Crippen molar-refractivity contribution >= 4 is 12.1 Å². The zero-order chi connectivity index (χ0) is 7.98. The SMILES string of the molecule is CC(=N)N=C/C=C\C(C)C. The lowest BCUT2D eigenvalue weighted by molar-refractivity contribution is 0.833. The number of aliphatic imine (C=N–C) groups is 1. The van der Waals surface area contributed by atoms with E-state index >= 15 is 0 Å². The van der Waals surface area contributed by atoms with Gasteiger partial charge in [0, 0.05) is 6.21 Å². The van der Waals surface area contributed by atoms with Gasteiger partial charge in [0.2, 0.25) is 0 Å². The molecule has 0 rings (SSSR count). The smallest absolute Gasteiger partial charge is 0.117 e. The van der Waals surface area contributed by atoms with Crippen molar-refractivity contribution in [2.24, 2.45) is 10.9 Å². The summed E-state index contributed by atoms with van der Waals surface area (Å²) in [6.07, 6.45) is 5.54. The highest BCUT2D eigenvalue weighted by atomic mass is 14.8. The molecule has 2 nitrogen and oxygen atoms in total. The largest absolute Gasteiger partial charge is 0.287 e. The van der Waals surface area contributed by atoms with Crippen LogP contribution in [0.15, 0.2) is 17.1 Å². The van der Waals surface area contributed by atoms with E-state index < -0.39 is 0 Å². The number of amidine groups is 1. The molecule has 0 heterocycles. The van der Waals surface area contributed by atoms with E-state index in [1.54, 1.807) is 13.1 Å². The van der Waals surface area contributed by atoms with Gasteiger partial charge >= 0.3 is 0 Å². The number of rotatable bonds is 2. The fourth-order valence-corrected chi connectivity index (χ4v) is 0.427. The first-order valence-corrected chi connectivity index (χ1v) is 3.39. The Morgan fingerprint density at radius 1 is 1.50 bits per heavy atom. The maximum atomic E-state index is 6.95. The third-order valence-corrected chi connectivity index (χ3v) is 0.850. The average molecular weight is 138 g/mol. The summed E-state index contributed by atoms with van der Waals surface area (Å²) in [5.41, 5.74) is 0. The number of nitrogens with one attached hydrogen (secondary N) is 1. The van der Waals surface area contributed by atoms with Crippen LogP contribution >= 0.6 is 0 Å². The molecule has 0 atom stereocenters. The predicted octanol–water partition coefficient (Wildman–Crippen LogP) is 2.27. The number of hydrogen-bond donors (Lipinski definition) is 1. The molecule has 0 amide bonds.